The highest BCUT2D eigenvalue weighted by Crippen LogP contribution is 2.65. The van der Waals surface area contributed by atoms with Crippen molar-refractivity contribution >= 4 is 9.24 Å². The molecule has 2 bridgehead atoms. The molecular weight excluding hydrogens is 311 g/mol. The van der Waals surface area contributed by atoms with E-state index in [1.54, 1.807) is 0 Å². The van der Waals surface area contributed by atoms with Gasteiger partial charge in [-0.15, -0.1) is 9.24 Å². The van der Waals surface area contributed by atoms with E-state index in [9.17, 15) is 0 Å². The molecule has 0 spiro atoms. The third kappa shape index (κ3) is 1.67. The molecule has 1 fully saturated rings. The van der Waals surface area contributed by atoms with Crippen molar-refractivity contribution < 1.29 is 4.74 Å². The summed E-state index contributed by atoms with van der Waals surface area (Å²) in [5.74, 6) is 0. The van der Waals surface area contributed by atoms with E-state index in [4.69, 9.17) is 4.74 Å². The summed E-state index contributed by atoms with van der Waals surface area (Å²) in [6.45, 7) is 0. The predicted molar refractivity (Wildman–Crippen MR) is 100 cm³/mol. The van der Waals surface area contributed by atoms with Gasteiger partial charge >= 0.3 is 0 Å². The van der Waals surface area contributed by atoms with E-state index < -0.39 is 0 Å². The van der Waals surface area contributed by atoms with E-state index in [0.29, 0.717) is 5.66 Å². The fraction of sp³-hybridized carbons (Fsp3) is 0.182. The molecule has 4 atom stereocenters. The molecule has 2 heteroatoms. The molecular formula is C22H19OP. The van der Waals surface area contributed by atoms with Crippen LogP contribution >= 0.6 is 9.24 Å². The Hall–Kier alpha value is -1.95. The van der Waals surface area contributed by atoms with Gasteiger partial charge in [-0.2, -0.15) is 0 Å². The van der Waals surface area contributed by atoms with Gasteiger partial charge < -0.3 is 4.74 Å². The Kier molecular flexibility index (Phi) is 3.01. The van der Waals surface area contributed by atoms with Crippen LogP contribution in [0.4, 0.5) is 0 Å². The van der Waals surface area contributed by atoms with Crippen LogP contribution in [-0.4, -0.2) is 5.66 Å². The molecule has 0 N–H and O–H groups in total. The van der Waals surface area contributed by atoms with Gasteiger partial charge in [0.15, 0.2) is 0 Å². The second-order valence-corrected chi connectivity index (χ2v) is 7.56. The summed E-state index contributed by atoms with van der Waals surface area (Å²) in [5, 5.41) is 0. The van der Waals surface area contributed by atoms with Gasteiger partial charge in [-0.3, -0.25) is 0 Å². The first kappa shape index (κ1) is 14.4. The monoisotopic (exact) mass is 330 g/mol. The van der Waals surface area contributed by atoms with Crippen LogP contribution in [0, 0.1) is 0 Å². The van der Waals surface area contributed by atoms with Gasteiger partial charge in [0.05, 0.1) is 0 Å². The number of ether oxygens (including phenoxy) is 1. The molecule has 3 aromatic carbocycles. The zero-order valence-corrected chi connectivity index (χ0v) is 14.5. The van der Waals surface area contributed by atoms with Gasteiger partial charge in [-0.05, 0) is 28.7 Å². The minimum atomic E-state index is -0.377. The smallest absolute Gasteiger partial charge is 0.126 e. The number of hydrogen-bond donors (Lipinski definition) is 0. The maximum absolute atomic E-state index is 6.98. The lowest BCUT2D eigenvalue weighted by Gasteiger charge is -2.33. The lowest BCUT2D eigenvalue weighted by atomic mass is 9.71. The fourth-order valence-corrected chi connectivity index (χ4v) is 5.35. The van der Waals surface area contributed by atoms with Crippen molar-refractivity contribution in [3.63, 3.8) is 0 Å². The summed E-state index contributed by atoms with van der Waals surface area (Å²) >= 11 is 0. The van der Waals surface area contributed by atoms with Gasteiger partial charge in [0.2, 0.25) is 0 Å². The van der Waals surface area contributed by atoms with Crippen molar-refractivity contribution in [2.24, 2.45) is 0 Å². The number of hydrogen-bond acceptors (Lipinski definition) is 1. The van der Waals surface area contributed by atoms with Crippen LogP contribution in [0.1, 0.15) is 28.7 Å². The van der Waals surface area contributed by atoms with Crippen LogP contribution in [0.2, 0.25) is 0 Å². The van der Waals surface area contributed by atoms with Crippen molar-refractivity contribution in [3.05, 3.63) is 107 Å². The molecule has 0 radical (unpaired) electrons. The molecule has 0 saturated carbocycles. The average molecular weight is 330 g/mol. The number of benzene rings is 3. The lowest BCUT2D eigenvalue weighted by molar-refractivity contribution is -0.0393. The second-order valence-electron chi connectivity index (χ2n) is 6.75. The van der Waals surface area contributed by atoms with Gasteiger partial charge in [0.25, 0.3) is 0 Å². The summed E-state index contributed by atoms with van der Waals surface area (Å²) in [5.41, 5.74) is 4.74. The molecule has 118 valence electrons. The Morgan fingerprint density at radius 1 is 0.708 bits per heavy atom. The highest BCUT2D eigenvalue weighted by Gasteiger charge is 2.64. The number of rotatable bonds is 2. The molecule has 2 heterocycles. The molecule has 24 heavy (non-hydrogen) atoms. The standard InChI is InChI=1S/C22H19OP/c24-20-15-21(16-9-3-1-4-10-16)18-13-7-8-14-19(18)22(20,23-21)17-11-5-2-6-12-17/h1-14,20H,15,24H2. The first-order valence-electron chi connectivity index (χ1n) is 8.44. The Morgan fingerprint density at radius 2 is 1.25 bits per heavy atom. The average Bonchev–Trinajstić information content (AvgIpc) is 3.14. The molecule has 0 aliphatic carbocycles. The van der Waals surface area contributed by atoms with Crippen LogP contribution in [0.15, 0.2) is 84.9 Å². The minimum absolute atomic E-state index is 0.343. The van der Waals surface area contributed by atoms with E-state index in [-0.39, 0.29) is 11.2 Å². The zero-order valence-electron chi connectivity index (χ0n) is 13.4. The van der Waals surface area contributed by atoms with Gasteiger partial charge in [-0.25, -0.2) is 0 Å². The van der Waals surface area contributed by atoms with Gasteiger partial charge in [0, 0.05) is 5.66 Å². The Morgan fingerprint density at radius 3 is 1.92 bits per heavy atom. The molecule has 5 rings (SSSR count). The summed E-state index contributed by atoms with van der Waals surface area (Å²) in [4.78, 5) is 0. The van der Waals surface area contributed by atoms with Crippen LogP contribution in [0.25, 0.3) is 0 Å². The van der Waals surface area contributed by atoms with Crippen molar-refractivity contribution in [1.82, 2.24) is 0 Å². The minimum Gasteiger partial charge on any atom is -0.349 e. The molecule has 0 aromatic heterocycles. The summed E-state index contributed by atoms with van der Waals surface area (Å²) in [6, 6.07) is 30.1. The lowest BCUT2D eigenvalue weighted by Crippen LogP contribution is -2.34. The highest BCUT2D eigenvalue weighted by atomic mass is 31.0. The topological polar surface area (TPSA) is 9.23 Å². The van der Waals surface area contributed by atoms with E-state index in [1.807, 2.05) is 0 Å². The van der Waals surface area contributed by atoms with Crippen LogP contribution in [0.3, 0.4) is 0 Å². The van der Waals surface area contributed by atoms with Crippen molar-refractivity contribution in [2.45, 2.75) is 23.3 Å². The van der Waals surface area contributed by atoms with Crippen molar-refractivity contribution in [1.29, 1.82) is 0 Å². The zero-order chi connectivity index (χ0) is 16.2. The third-order valence-electron chi connectivity index (χ3n) is 5.57. The summed E-state index contributed by atoms with van der Waals surface area (Å²) in [7, 11) is 3.06. The molecule has 1 nitrogen and oxygen atoms in total. The Labute approximate surface area is 144 Å². The predicted octanol–water partition coefficient (Wildman–Crippen LogP) is 4.85. The maximum Gasteiger partial charge on any atom is 0.126 e. The first-order chi connectivity index (χ1) is 11.8. The van der Waals surface area contributed by atoms with Crippen molar-refractivity contribution in [3.8, 4) is 0 Å². The second kappa shape index (κ2) is 5.02. The van der Waals surface area contributed by atoms with E-state index >= 15 is 0 Å². The quantitative estimate of drug-likeness (QED) is 0.610. The SMILES string of the molecule is PC1CC2(c3ccccc3)OC1(c1ccccc1)c1ccccc12. The largest absolute Gasteiger partial charge is 0.349 e. The Bertz CT molecular complexity index is 892. The van der Waals surface area contributed by atoms with Crippen LogP contribution in [0.5, 0.6) is 0 Å². The molecule has 4 unspecified atom stereocenters. The molecule has 2 aliphatic rings. The van der Waals surface area contributed by atoms with Crippen molar-refractivity contribution in [2.75, 3.05) is 0 Å². The van der Waals surface area contributed by atoms with Gasteiger partial charge in [-0.1, -0.05) is 84.9 Å². The fourth-order valence-electron chi connectivity index (χ4n) is 4.58. The molecule has 1 saturated heterocycles. The summed E-state index contributed by atoms with van der Waals surface area (Å²) in [6.07, 6.45) is 0.980. The number of fused-ring (bicyclic) bond motifs is 5. The van der Waals surface area contributed by atoms with E-state index in [1.165, 1.54) is 22.3 Å². The first-order valence-corrected chi connectivity index (χ1v) is 9.11. The van der Waals surface area contributed by atoms with Gasteiger partial charge in [0.1, 0.15) is 11.2 Å². The molecule has 3 aromatic rings. The molecule has 2 aliphatic heterocycles. The van der Waals surface area contributed by atoms with E-state index in [0.717, 1.165) is 6.42 Å². The maximum atomic E-state index is 6.98. The summed E-state index contributed by atoms with van der Waals surface area (Å²) < 4.78 is 6.98. The molecule has 0 amide bonds. The van der Waals surface area contributed by atoms with Crippen LogP contribution in [-0.2, 0) is 15.9 Å². The normalized spacial score (nSPS) is 30.3. The van der Waals surface area contributed by atoms with Crippen LogP contribution < -0.4 is 0 Å². The highest BCUT2D eigenvalue weighted by molar-refractivity contribution is 7.17. The van der Waals surface area contributed by atoms with E-state index in [2.05, 4.69) is 94.2 Å². The third-order valence-corrected chi connectivity index (χ3v) is 6.27. The Balaban J connectivity index is 1.81.